The quantitative estimate of drug-likeness (QED) is 0.687. The van der Waals surface area contributed by atoms with Crippen LogP contribution in [0.1, 0.15) is 38.5 Å². The number of rotatable bonds is 5. The van der Waals surface area contributed by atoms with Crippen LogP contribution in [0.2, 0.25) is 0 Å². The van der Waals surface area contributed by atoms with Crippen molar-refractivity contribution in [3.8, 4) is 0 Å². The summed E-state index contributed by atoms with van der Waals surface area (Å²) in [6.07, 6.45) is 5.57. The minimum absolute atomic E-state index is 0.0287. The second kappa shape index (κ2) is 8.12. The lowest BCUT2D eigenvalue weighted by molar-refractivity contribution is -0.146. The van der Waals surface area contributed by atoms with Gasteiger partial charge in [0.2, 0.25) is 11.8 Å². The van der Waals surface area contributed by atoms with Crippen molar-refractivity contribution < 1.29 is 19.1 Å². The molecule has 1 saturated carbocycles. The maximum absolute atomic E-state index is 12.2. The summed E-state index contributed by atoms with van der Waals surface area (Å²) >= 11 is 0. The molecule has 2 rings (SSSR count). The van der Waals surface area contributed by atoms with Crippen molar-refractivity contribution in [1.29, 1.82) is 0 Å². The maximum Gasteiger partial charge on any atom is 0.307 e. The molecular formula is C15H25N3O4. The fourth-order valence-electron chi connectivity index (χ4n) is 3.12. The van der Waals surface area contributed by atoms with Gasteiger partial charge in [-0.3, -0.25) is 19.3 Å². The van der Waals surface area contributed by atoms with Gasteiger partial charge >= 0.3 is 5.97 Å². The fraction of sp³-hybridized carbons (Fsp3) is 0.800. The first kappa shape index (κ1) is 16.7. The SMILES string of the molecule is COC(=O)C[C@@H]1C(=O)NCCN1CC(=O)NC1CCCCC1. The van der Waals surface area contributed by atoms with Crippen LogP contribution in [0.5, 0.6) is 0 Å². The molecule has 7 heteroatoms. The summed E-state index contributed by atoms with van der Waals surface area (Å²) in [5.41, 5.74) is 0. The molecule has 7 nitrogen and oxygen atoms in total. The molecule has 2 amide bonds. The largest absolute Gasteiger partial charge is 0.469 e. The van der Waals surface area contributed by atoms with Gasteiger partial charge in [0.05, 0.1) is 20.1 Å². The van der Waals surface area contributed by atoms with E-state index in [4.69, 9.17) is 0 Å². The Morgan fingerprint density at radius 2 is 2.05 bits per heavy atom. The molecule has 1 aliphatic carbocycles. The van der Waals surface area contributed by atoms with E-state index in [0.717, 1.165) is 25.7 Å². The topological polar surface area (TPSA) is 87.7 Å². The summed E-state index contributed by atoms with van der Waals surface area (Å²) in [6, 6.07) is -0.378. The van der Waals surface area contributed by atoms with Crippen molar-refractivity contribution in [3.05, 3.63) is 0 Å². The van der Waals surface area contributed by atoms with Gasteiger partial charge in [0.1, 0.15) is 6.04 Å². The second-order valence-corrected chi connectivity index (χ2v) is 5.96. The number of nitrogens with one attached hydrogen (secondary N) is 2. The molecule has 0 aromatic carbocycles. The van der Waals surface area contributed by atoms with Gasteiger partial charge in [-0.15, -0.1) is 0 Å². The third-order valence-electron chi connectivity index (χ3n) is 4.35. The molecule has 1 atom stereocenters. The Morgan fingerprint density at radius 1 is 1.32 bits per heavy atom. The lowest BCUT2D eigenvalue weighted by Crippen LogP contribution is -2.58. The Kier molecular flexibility index (Phi) is 6.18. The summed E-state index contributed by atoms with van der Waals surface area (Å²) in [5, 5.41) is 5.77. The highest BCUT2D eigenvalue weighted by atomic mass is 16.5. The first-order chi connectivity index (χ1) is 10.6. The number of nitrogens with zero attached hydrogens (tertiary/aromatic N) is 1. The molecule has 1 aliphatic heterocycles. The third kappa shape index (κ3) is 4.69. The van der Waals surface area contributed by atoms with Gasteiger partial charge in [-0.25, -0.2) is 0 Å². The summed E-state index contributed by atoms with van der Waals surface area (Å²) < 4.78 is 4.63. The number of methoxy groups -OCH3 is 1. The smallest absolute Gasteiger partial charge is 0.307 e. The minimum Gasteiger partial charge on any atom is -0.469 e. The first-order valence-electron chi connectivity index (χ1n) is 7.98. The average molecular weight is 311 g/mol. The van der Waals surface area contributed by atoms with Crippen LogP contribution in [0.15, 0.2) is 0 Å². The van der Waals surface area contributed by atoms with E-state index in [9.17, 15) is 14.4 Å². The predicted molar refractivity (Wildman–Crippen MR) is 80.0 cm³/mol. The summed E-state index contributed by atoms with van der Waals surface area (Å²) in [5.74, 6) is -0.738. The maximum atomic E-state index is 12.2. The molecular weight excluding hydrogens is 286 g/mol. The Hall–Kier alpha value is -1.63. The molecule has 2 fully saturated rings. The highest BCUT2D eigenvalue weighted by Gasteiger charge is 2.33. The molecule has 2 aliphatic rings. The van der Waals surface area contributed by atoms with Crippen LogP contribution in [0.25, 0.3) is 0 Å². The minimum atomic E-state index is -0.627. The fourth-order valence-corrected chi connectivity index (χ4v) is 3.12. The van der Waals surface area contributed by atoms with Crippen LogP contribution >= 0.6 is 0 Å². The average Bonchev–Trinajstić information content (AvgIpc) is 2.51. The van der Waals surface area contributed by atoms with Gasteiger partial charge in [0.15, 0.2) is 0 Å². The molecule has 0 spiro atoms. The van der Waals surface area contributed by atoms with Gasteiger partial charge in [-0.2, -0.15) is 0 Å². The highest BCUT2D eigenvalue weighted by Crippen LogP contribution is 2.17. The lowest BCUT2D eigenvalue weighted by atomic mass is 9.95. The first-order valence-corrected chi connectivity index (χ1v) is 7.98. The van der Waals surface area contributed by atoms with Crippen molar-refractivity contribution in [2.45, 2.75) is 50.6 Å². The van der Waals surface area contributed by atoms with E-state index in [1.165, 1.54) is 13.5 Å². The van der Waals surface area contributed by atoms with E-state index in [2.05, 4.69) is 15.4 Å². The number of carbonyl (C=O) groups is 3. The van der Waals surface area contributed by atoms with Crippen LogP contribution in [-0.4, -0.2) is 61.5 Å². The molecule has 0 radical (unpaired) electrons. The van der Waals surface area contributed by atoms with E-state index in [1.54, 1.807) is 4.90 Å². The number of esters is 1. The van der Waals surface area contributed by atoms with E-state index in [-0.39, 0.29) is 30.8 Å². The van der Waals surface area contributed by atoms with E-state index in [1.807, 2.05) is 0 Å². The van der Waals surface area contributed by atoms with E-state index < -0.39 is 12.0 Å². The Labute approximate surface area is 130 Å². The number of amides is 2. The summed E-state index contributed by atoms with van der Waals surface area (Å²) in [7, 11) is 1.29. The van der Waals surface area contributed by atoms with Crippen LogP contribution in [0, 0.1) is 0 Å². The van der Waals surface area contributed by atoms with Crippen molar-refractivity contribution in [1.82, 2.24) is 15.5 Å². The van der Waals surface area contributed by atoms with Gasteiger partial charge in [0.25, 0.3) is 0 Å². The molecule has 0 aromatic rings. The Bertz CT molecular complexity index is 421. The van der Waals surface area contributed by atoms with E-state index in [0.29, 0.717) is 13.1 Å². The number of carbonyl (C=O) groups excluding carboxylic acids is 3. The molecule has 1 saturated heterocycles. The zero-order chi connectivity index (χ0) is 15.9. The Morgan fingerprint density at radius 3 is 2.73 bits per heavy atom. The molecule has 124 valence electrons. The summed E-state index contributed by atoms with van der Waals surface area (Å²) in [6.45, 7) is 1.20. The highest BCUT2D eigenvalue weighted by molar-refractivity contribution is 5.88. The molecule has 22 heavy (non-hydrogen) atoms. The molecule has 0 unspecified atom stereocenters. The second-order valence-electron chi connectivity index (χ2n) is 5.96. The normalized spacial score (nSPS) is 23.7. The van der Waals surface area contributed by atoms with Crippen molar-refractivity contribution in [2.75, 3.05) is 26.7 Å². The third-order valence-corrected chi connectivity index (χ3v) is 4.35. The number of piperazine rings is 1. The monoisotopic (exact) mass is 311 g/mol. The van der Waals surface area contributed by atoms with Crippen LogP contribution in [-0.2, 0) is 19.1 Å². The molecule has 1 heterocycles. The van der Waals surface area contributed by atoms with Gasteiger partial charge in [0, 0.05) is 19.1 Å². The number of hydrogen-bond donors (Lipinski definition) is 2. The van der Waals surface area contributed by atoms with E-state index >= 15 is 0 Å². The number of hydrogen-bond acceptors (Lipinski definition) is 5. The molecule has 0 bridgehead atoms. The van der Waals surface area contributed by atoms with Gasteiger partial charge < -0.3 is 15.4 Å². The predicted octanol–water partition coefficient (Wildman–Crippen LogP) is -0.201. The molecule has 2 N–H and O–H groups in total. The van der Waals surface area contributed by atoms with Gasteiger partial charge in [-0.05, 0) is 12.8 Å². The van der Waals surface area contributed by atoms with Gasteiger partial charge in [-0.1, -0.05) is 19.3 Å². The van der Waals surface area contributed by atoms with Crippen LogP contribution < -0.4 is 10.6 Å². The summed E-state index contributed by atoms with van der Waals surface area (Å²) in [4.78, 5) is 37.3. The Balaban J connectivity index is 1.88. The zero-order valence-corrected chi connectivity index (χ0v) is 13.1. The van der Waals surface area contributed by atoms with Crippen LogP contribution in [0.4, 0.5) is 0 Å². The lowest BCUT2D eigenvalue weighted by Gasteiger charge is -2.34. The zero-order valence-electron chi connectivity index (χ0n) is 13.1. The van der Waals surface area contributed by atoms with Crippen LogP contribution in [0.3, 0.4) is 0 Å². The number of ether oxygens (including phenoxy) is 1. The molecule has 0 aromatic heterocycles. The van der Waals surface area contributed by atoms with Crippen molar-refractivity contribution in [3.63, 3.8) is 0 Å². The standard InChI is InChI=1S/C15H25N3O4/c1-22-14(20)9-12-15(21)16-7-8-18(12)10-13(19)17-11-5-3-2-4-6-11/h11-12H,2-10H2,1H3,(H,16,21)(H,17,19)/t12-/m1/s1. The van der Waals surface area contributed by atoms with Crippen molar-refractivity contribution in [2.24, 2.45) is 0 Å². The van der Waals surface area contributed by atoms with Crippen molar-refractivity contribution >= 4 is 17.8 Å².